The number of carbonyl (C=O) groups is 1. The molecule has 11 heteroatoms. The van der Waals surface area contributed by atoms with Crippen molar-refractivity contribution in [2.45, 2.75) is 62.7 Å². The number of carbonyl (C=O) groups excluding carboxylic acids is 1. The van der Waals surface area contributed by atoms with E-state index >= 15 is 0 Å². The summed E-state index contributed by atoms with van der Waals surface area (Å²) in [6.45, 7) is 4.09. The second-order valence-corrected chi connectivity index (χ2v) is 17.0. The maximum Gasteiger partial charge on any atom is 0.285 e. The Morgan fingerprint density at radius 3 is 2.78 bits per heavy atom. The number of rotatable bonds is 3. The number of methoxy groups -OCH3 is 1. The quantitative estimate of drug-likeness (QED) is 0.271. The molecule has 1 amide bonds. The molecule has 3 aromatic rings. The molecule has 2 aliphatic carbocycles. The molecule has 6 atom stereocenters. The first kappa shape index (κ1) is 33.7. The molecule has 2 aliphatic heterocycles. The molecule has 1 aromatic heterocycles. The highest BCUT2D eigenvalue weighted by Crippen LogP contribution is 2.47. The van der Waals surface area contributed by atoms with Gasteiger partial charge in [-0.3, -0.25) is 4.79 Å². The van der Waals surface area contributed by atoms with Crippen molar-refractivity contribution in [1.29, 1.82) is 5.26 Å². The second-order valence-electron chi connectivity index (χ2n) is 14.2. The van der Waals surface area contributed by atoms with E-state index in [1.165, 1.54) is 23.5 Å². The number of aromatic nitrogens is 2. The monoisotopic (exact) mass is 699 g/mol. The number of hydrogen-bond donors (Lipinski definition) is 0. The van der Waals surface area contributed by atoms with Crippen molar-refractivity contribution in [3.05, 3.63) is 94.0 Å². The Labute approximate surface area is 293 Å². The van der Waals surface area contributed by atoms with E-state index in [0.29, 0.717) is 36.0 Å². The Bertz CT molecular complexity index is 1930. The normalized spacial score (nSPS) is 30.4. The van der Waals surface area contributed by atoms with E-state index in [2.05, 4.69) is 43.5 Å². The molecule has 0 unspecified atom stereocenters. The summed E-state index contributed by atoms with van der Waals surface area (Å²) in [5, 5.41) is 9.93. The first-order valence-corrected chi connectivity index (χ1v) is 19.4. The van der Waals surface area contributed by atoms with Crippen LogP contribution in [0.2, 0.25) is 5.02 Å². The van der Waals surface area contributed by atoms with Gasteiger partial charge in [-0.1, -0.05) is 36.7 Å². The fourth-order valence-corrected chi connectivity index (χ4v) is 10.6. The molecular formula is C38H42ClN5O4S. The number of fused-ring (bicyclic) bond motifs is 4. The third-order valence-electron chi connectivity index (χ3n) is 10.8. The third-order valence-corrected chi connectivity index (χ3v) is 13.3. The van der Waals surface area contributed by atoms with E-state index < -0.39 is 15.6 Å². The van der Waals surface area contributed by atoms with E-state index in [4.69, 9.17) is 21.1 Å². The Morgan fingerprint density at radius 1 is 1.18 bits per heavy atom. The first-order valence-electron chi connectivity index (χ1n) is 17.2. The molecule has 9 nitrogen and oxygen atoms in total. The highest BCUT2D eigenvalue weighted by molar-refractivity contribution is 7.93. The summed E-state index contributed by atoms with van der Waals surface area (Å²) in [4.78, 5) is 24.9. The molecule has 0 saturated heterocycles. The van der Waals surface area contributed by atoms with Gasteiger partial charge in [0.05, 0.1) is 39.4 Å². The summed E-state index contributed by atoms with van der Waals surface area (Å²) in [5.41, 5.74) is 3.86. The molecule has 1 saturated carbocycles. The standard InChI is InChI=1S/C38H42ClN5O4S/c1-25-5-3-7-34(47-2)31-11-8-29(31)20-44-23-38(14-4-6-27-15-30(39)10-12-32(27)38)24-48-35-13-9-28(16-33(35)44)37(45)43-49(46,21-25)22-36-41-18-26(17-40)19-42-36/h3,7,9-10,12-13,15-16,18-19,25,29,31,34H,4-6,8,11,14,20-24H2,1-2H3/b7-3+/t25-,29-,31+,34-,38-,49+/m0/s1. The number of nitriles is 1. The maximum atomic E-state index is 14.6. The lowest BCUT2D eigenvalue weighted by atomic mass is 9.68. The van der Waals surface area contributed by atoms with E-state index in [-0.39, 0.29) is 34.8 Å². The van der Waals surface area contributed by atoms with E-state index in [1.807, 2.05) is 31.2 Å². The number of ether oxygens (including phenoxy) is 2. The van der Waals surface area contributed by atoms with Crippen LogP contribution >= 0.6 is 11.6 Å². The first-order chi connectivity index (χ1) is 23.7. The van der Waals surface area contributed by atoms with E-state index in [9.17, 15) is 14.3 Å². The SMILES string of the molecule is CO[C@H]1/C=C/C[C@H](C)C[S@@](=O)(Cc2ncc(C#N)cn2)=NC(=O)c2ccc3c(c2)N(C[C@@H]2CC[C@H]21)C[C@@]1(CCCc2cc(Cl)ccc21)CO3. The van der Waals surface area contributed by atoms with Crippen molar-refractivity contribution < 1.29 is 18.5 Å². The summed E-state index contributed by atoms with van der Waals surface area (Å²) in [7, 11) is -1.34. The smallest absolute Gasteiger partial charge is 0.285 e. The Hall–Kier alpha value is -3.78. The summed E-state index contributed by atoms with van der Waals surface area (Å²) in [6.07, 6.45) is 12.9. The summed E-state index contributed by atoms with van der Waals surface area (Å²) in [6, 6.07) is 13.7. The highest BCUT2D eigenvalue weighted by atomic mass is 35.5. The molecule has 1 spiro atoms. The lowest BCUT2D eigenvalue weighted by Crippen LogP contribution is -2.49. The van der Waals surface area contributed by atoms with Crippen molar-refractivity contribution in [3.63, 3.8) is 0 Å². The van der Waals surface area contributed by atoms with Gasteiger partial charge in [0.1, 0.15) is 17.6 Å². The Kier molecular flexibility index (Phi) is 9.53. The van der Waals surface area contributed by atoms with Crippen molar-refractivity contribution >= 4 is 32.9 Å². The molecule has 4 aliphatic rings. The zero-order valence-corrected chi connectivity index (χ0v) is 29.6. The van der Waals surface area contributed by atoms with Crippen LogP contribution in [0.15, 0.2) is 65.3 Å². The maximum absolute atomic E-state index is 14.6. The van der Waals surface area contributed by atoms with Crippen LogP contribution < -0.4 is 9.64 Å². The van der Waals surface area contributed by atoms with Gasteiger partial charge in [-0.25, -0.2) is 14.2 Å². The molecule has 256 valence electrons. The largest absolute Gasteiger partial charge is 0.490 e. The minimum Gasteiger partial charge on any atom is -0.490 e. The molecular weight excluding hydrogens is 658 g/mol. The minimum absolute atomic E-state index is 0.0259. The van der Waals surface area contributed by atoms with Crippen LogP contribution in [0.5, 0.6) is 5.75 Å². The number of halogens is 1. The van der Waals surface area contributed by atoms with Gasteiger partial charge in [0.25, 0.3) is 5.91 Å². The molecule has 2 aromatic carbocycles. The van der Waals surface area contributed by atoms with Crippen molar-refractivity contribution in [1.82, 2.24) is 9.97 Å². The minimum atomic E-state index is -3.12. The van der Waals surface area contributed by atoms with E-state index in [0.717, 1.165) is 61.7 Å². The topological polar surface area (TPSA) is 118 Å². The van der Waals surface area contributed by atoms with Crippen LogP contribution in [-0.4, -0.2) is 58.7 Å². The van der Waals surface area contributed by atoms with Crippen LogP contribution in [0.1, 0.15) is 71.9 Å². The van der Waals surface area contributed by atoms with Crippen molar-refractivity contribution in [2.75, 3.05) is 37.5 Å². The average Bonchev–Trinajstić information content (AvgIpc) is 3.22. The van der Waals surface area contributed by atoms with Crippen LogP contribution in [0.3, 0.4) is 0 Å². The Balaban J connectivity index is 1.31. The van der Waals surface area contributed by atoms with E-state index in [1.54, 1.807) is 13.2 Å². The predicted octanol–water partition coefficient (Wildman–Crippen LogP) is 6.92. The number of amides is 1. The zero-order chi connectivity index (χ0) is 34.2. The second kappa shape index (κ2) is 13.9. The fourth-order valence-electron chi connectivity index (χ4n) is 8.16. The van der Waals surface area contributed by atoms with Gasteiger partial charge in [-0.15, -0.1) is 0 Å². The lowest BCUT2D eigenvalue weighted by molar-refractivity contribution is 0.0131. The number of allylic oxidation sites excluding steroid dienone is 1. The molecule has 7 rings (SSSR count). The highest BCUT2D eigenvalue weighted by Gasteiger charge is 2.44. The van der Waals surface area contributed by atoms with Crippen LogP contribution in [-0.2, 0) is 32.1 Å². The summed E-state index contributed by atoms with van der Waals surface area (Å²) in [5.74, 6) is 1.34. The predicted molar refractivity (Wildman–Crippen MR) is 190 cm³/mol. The van der Waals surface area contributed by atoms with Crippen molar-refractivity contribution in [2.24, 2.45) is 22.1 Å². The molecule has 49 heavy (non-hydrogen) atoms. The van der Waals surface area contributed by atoms with Gasteiger partial charge < -0.3 is 14.4 Å². The molecule has 1 fully saturated rings. The lowest BCUT2D eigenvalue weighted by Gasteiger charge is -2.46. The van der Waals surface area contributed by atoms with Gasteiger partial charge in [-0.2, -0.15) is 9.62 Å². The van der Waals surface area contributed by atoms with Crippen molar-refractivity contribution in [3.8, 4) is 11.8 Å². The third kappa shape index (κ3) is 6.99. The van der Waals surface area contributed by atoms with Crippen LogP contribution in [0, 0.1) is 29.1 Å². The summed E-state index contributed by atoms with van der Waals surface area (Å²) < 4.78 is 31.7. The zero-order valence-electron chi connectivity index (χ0n) is 28.0. The number of anilines is 1. The average molecular weight is 700 g/mol. The Morgan fingerprint density at radius 2 is 2.02 bits per heavy atom. The van der Waals surface area contributed by atoms with Gasteiger partial charge in [0, 0.05) is 54.3 Å². The number of nitrogens with zero attached hydrogens (tertiary/aromatic N) is 5. The van der Waals surface area contributed by atoms with Gasteiger partial charge in [0.15, 0.2) is 0 Å². The van der Waals surface area contributed by atoms with Crippen LogP contribution in [0.4, 0.5) is 5.69 Å². The number of hydrogen-bond acceptors (Lipinski definition) is 8. The number of benzene rings is 2. The molecule has 0 radical (unpaired) electrons. The molecule has 0 N–H and O–H groups in total. The molecule has 3 heterocycles. The van der Waals surface area contributed by atoms with Gasteiger partial charge in [-0.05, 0) is 97.7 Å². The van der Waals surface area contributed by atoms with Gasteiger partial charge in [0.2, 0.25) is 0 Å². The fraction of sp³-hybridized carbons (Fsp3) is 0.474. The van der Waals surface area contributed by atoms with Gasteiger partial charge >= 0.3 is 0 Å². The van der Waals surface area contributed by atoms with Crippen LogP contribution in [0.25, 0.3) is 0 Å². The molecule has 2 bridgehead atoms. The summed E-state index contributed by atoms with van der Waals surface area (Å²) >= 11 is 6.45. The number of aryl methyl sites for hydroxylation is 1.